The number of halogens is 1. The van der Waals surface area contributed by atoms with Crippen molar-refractivity contribution in [3.05, 3.63) is 23.0 Å². The monoisotopic (exact) mass is 297 g/mol. The van der Waals surface area contributed by atoms with Crippen LogP contribution in [0.3, 0.4) is 0 Å². The molecule has 1 spiro atoms. The van der Waals surface area contributed by atoms with E-state index in [1.54, 1.807) is 11.0 Å². The fraction of sp³-hybridized carbons (Fsp3) is 0.538. The van der Waals surface area contributed by atoms with E-state index in [9.17, 15) is 4.79 Å². The molecule has 1 aromatic rings. The molecule has 0 atom stereocenters. The Labute approximate surface area is 121 Å². The number of likely N-dealkylation sites (tertiary alicyclic amines) is 1. The summed E-state index contributed by atoms with van der Waals surface area (Å²) in [5.74, 6) is -0.832. The second-order valence-corrected chi connectivity index (χ2v) is 5.40. The molecule has 2 N–H and O–H groups in total. The summed E-state index contributed by atoms with van der Waals surface area (Å²) in [5, 5.41) is 0.164. The molecule has 0 unspecified atom stereocenters. The number of anilines is 1. The van der Waals surface area contributed by atoms with Crippen molar-refractivity contribution >= 4 is 23.2 Å². The molecule has 20 heavy (non-hydrogen) atoms. The first kappa shape index (κ1) is 13.6. The summed E-state index contributed by atoms with van der Waals surface area (Å²) in [6, 6.07) is 1.55. The number of nitrogen functional groups attached to an aromatic ring is 1. The average molecular weight is 298 g/mol. The summed E-state index contributed by atoms with van der Waals surface area (Å²) in [6.07, 6.45) is 3.07. The lowest BCUT2D eigenvalue weighted by atomic mass is 10.0. The lowest BCUT2D eigenvalue weighted by Gasteiger charge is -2.38. The first-order valence-corrected chi connectivity index (χ1v) is 6.96. The van der Waals surface area contributed by atoms with E-state index in [1.807, 2.05) is 0 Å². The quantitative estimate of drug-likeness (QED) is 0.791. The van der Waals surface area contributed by atoms with E-state index < -0.39 is 5.79 Å². The van der Waals surface area contributed by atoms with Crippen molar-refractivity contribution in [1.29, 1.82) is 0 Å². The number of rotatable bonds is 1. The summed E-state index contributed by atoms with van der Waals surface area (Å²) in [7, 11) is 0. The van der Waals surface area contributed by atoms with E-state index in [2.05, 4.69) is 4.98 Å². The van der Waals surface area contributed by atoms with Gasteiger partial charge in [0.25, 0.3) is 5.91 Å². The molecule has 6 nitrogen and oxygen atoms in total. The zero-order chi connectivity index (χ0) is 14.2. The molecule has 2 aliphatic rings. The van der Waals surface area contributed by atoms with E-state index in [0.29, 0.717) is 37.6 Å². The smallest absolute Gasteiger partial charge is 0.257 e. The van der Waals surface area contributed by atoms with Gasteiger partial charge in [0.15, 0.2) is 5.79 Å². The molecule has 0 bridgehead atoms. The lowest BCUT2D eigenvalue weighted by molar-refractivity contribution is -0.183. The molecule has 1 aromatic heterocycles. The molecule has 0 aromatic carbocycles. The minimum atomic E-state index is -0.645. The predicted octanol–water partition coefficient (Wildman–Crippen LogP) is 1.30. The number of aromatic nitrogens is 1. The summed E-state index contributed by atoms with van der Waals surface area (Å²) >= 11 is 5.98. The maximum absolute atomic E-state index is 12.5. The Hall–Kier alpha value is -1.37. The van der Waals surface area contributed by atoms with Gasteiger partial charge in [-0.25, -0.2) is 4.98 Å². The van der Waals surface area contributed by atoms with Crippen LogP contribution < -0.4 is 5.73 Å². The number of amides is 1. The molecule has 7 heteroatoms. The molecular weight excluding hydrogens is 282 g/mol. The van der Waals surface area contributed by atoms with Gasteiger partial charge in [-0.3, -0.25) is 4.79 Å². The fourth-order valence-corrected chi connectivity index (χ4v) is 2.86. The van der Waals surface area contributed by atoms with Crippen LogP contribution in [0.1, 0.15) is 23.2 Å². The molecular formula is C13H16ClN3O3. The molecule has 2 saturated heterocycles. The zero-order valence-electron chi connectivity index (χ0n) is 11.0. The molecule has 3 rings (SSSR count). The number of hydrogen-bond donors (Lipinski definition) is 1. The van der Waals surface area contributed by atoms with Gasteiger partial charge >= 0.3 is 0 Å². The standard InChI is InChI=1S/C13H16ClN3O3/c14-11-10(6-9(15)7-16-11)12(18)17-3-1-2-13(8-17)19-4-5-20-13/h6-7H,1-5,8,15H2. The van der Waals surface area contributed by atoms with Crippen molar-refractivity contribution < 1.29 is 14.3 Å². The van der Waals surface area contributed by atoms with Crippen LogP contribution in [0.15, 0.2) is 12.3 Å². The number of ether oxygens (including phenoxy) is 2. The number of pyridine rings is 1. The summed E-state index contributed by atoms with van der Waals surface area (Å²) in [6.45, 7) is 2.21. The van der Waals surface area contributed by atoms with Gasteiger partial charge in [-0.1, -0.05) is 11.6 Å². The van der Waals surface area contributed by atoms with Gasteiger partial charge in [-0.05, 0) is 12.5 Å². The molecule has 1 amide bonds. The fourth-order valence-electron chi connectivity index (χ4n) is 2.68. The van der Waals surface area contributed by atoms with E-state index in [0.717, 1.165) is 12.8 Å². The summed E-state index contributed by atoms with van der Waals surface area (Å²) in [4.78, 5) is 18.2. The van der Waals surface area contributed by atoms with Gasteiger partial charge in [0, 0.05) is 13.0 Å². The topological polar surface area (TPSA) is 77.7 Å². The Morgan fingerprint density at radius 2 is 2.20 bits per heavy atom. The third-order valence-corrected chi connectivity index (χ3v) is 3.91. The van der Waals surface area contributed by atoms with Gasteiger partial charge in [0.2, 0.25) is 0 Å². The van der Waals surface area contributed by atoms with Crippen LogP contribution in [0.2, 0.25) is 5.15 Å². The molecule has 0 aliphatic carbocycles. The first-order chi connectivity index (χ1) is 9.60. The minimum absolute atomic E-state index is 0.164. The van der Waals surface area contributed by atoms with Gasteiger partial charge in [0.05, 0.1) is 37.2 Å². The van der Waals surface area contributed by atoms with Crippen molar-refractivity contribution in [3.63, 3.8) is 0 Å². The van der Waals surface area contributed by atoms with Crippen LogP contribution in [0, 0.1) is 0 Å². The Morgan fingerprint density at radius 3 is 2.95 bits per heavy atom. The van der Waals surface area contributed by atoms with Crippen molar-refractivity contribution in [1.82, 2.24) is 9.88 Å². The molecule has 0 saturated carbocycles. The number of nitrogens with two attached hydrogens (primary N) is 1. The number of hydrogen-bond acceptors (Lipinski definition) is 5. The van der Waals surface area contributed by atoms with Crippen molar-refractivity contribution in [2.45, 2.75) is 18.6 Å². The Morgan fingerprint density at radius 1 is 1.45 bits per heavy atom. The maximum atomic E-state index is 12.5. The van der Waals surface area contributed by atoms with Gasteiger partial charge in [0.1, 0.15) is 5.15 Å². The molecule has 0 radical (unpaired) electrons. The van der Waals surface area contributed by atoms with E-state index >= 15 is 0 Å². The largest absolute Gasteiger partial charge is 0.397 e. The van der Waals surface area contributed by atoms with E-state index in [1.165, 1.54) is 6.20 Å². The van der Waals surface area contributed by atoms with E-state index in [4.69, 9.17) is 26.8 Å². The average Bonchev–Trinajstić information content (AvgIpc) is 2.88. The highest BCUT2D eigenvalue weighted by atomic mass is 35.5. The van der Waals surface area contributed by atoms with Crippen LogP contribution in [0.5, 0.6) is 0 Å². The normalized spacial score (nSPS) is 21.4. The van der Waals surface area contributed by atoms with Crippen molar-refractivity contribution in [3.8, 4) is 0 Å². The number of nitrogens with zero attached hydrogens (tertiary/aromatic N) is 2. The molecule has 2 aliphatic heterocycles. The Kier molecular flexibility index (Phi) is 3.54. The minimum Gasteiger partial charge on any atom is -0.397 e. The second kappa shape index (κ2) is 5.20. The number of piperidine rings is 1. The third kappa shape index (κ3) is 2.46. The number of carbonyl (C=O) groups is 1. The molecule has 3 heterocycles. The molecule has 2 fully saturated rings. The summed E-state index contributed by atoms with van der Waals surface area (Å²) in [5.41, 5.74) is 6.40. The van der Waals surface area contributed by atoms with Gasteiger partial charge in [-0.2, -0.15) is 0 Å². The first-order valence-electron chi connectivity index (χ1n) is 6.58. The second-order valence-electron chi connectivity index (χ2n) is 5.04. The van der Waals surface area contributed by atoms with Crippen LogP contribution in [-0.2, 0) is 9.47 Å². The van der Waals surface area contributed by atoms with Crippen LogP contribution in [-0.4, -0.2) is 47.9 Å². The van der Waals surface area contributed by atoms with Crippen LogP contribution >= 0.6 is 11.6 Å². The highest BCUT2D eigenvalue weighted by Gasteiger charge is 2.42. The van der Waals surface area contributed by atoms with Gasteiger partial charge in [-0.15, -0.1) is 0 Å². The SMILES string of the molecule is Nc1cnc(Cl)c(C(=O)N2CCCC3(C2)OCCO3)c1. The summed E-state index contributed by atoms with van der Waals surface area (Å²) < 4.78 is 11.3. The highest BCUT2D eigenvalue weighted by Crippen LogP contribution is 2.31. The number of carbonyl (C=O) groups excluding carboxylic acids is 1. The lowest BCUT2D eigenvalue weighted by Crippen LogP contribution is -2.51. The van der Waals surface area contributed by atoms with Crippen LogP contribution in [0.4, 0.5) is 5.69 Å². The van der Waals surface area contributed by atoms with E-state index in [-0.39, 0.29) is 11.1 Å². The maximum Gasteiger partial charge on any atom is 0.257 e. The third-order valence-electron chi connectivity index (χ3n) is 3.61. The zero-order valence-corrected chi connectivity index (χ0v) is 11.7. The Bertz CT molecular complexity index is 532. The van der Waals surface area contributed by atoms with Gasteiger partial charge < -0.3 is 20.1 Å². The molecule has 108 valence electrons. The van der Waals surface area contributed by atoms with Crippen LogP contribution in [0.25, 0.3) is 0 Å². The highest BCUT2D eigenvalue weighted by molar-refractivity contribution is 6.32. The van der Waals surface area contributed by atoms with Crippen molar-refractivity contribution in [2.75, 3.05) is 32.0 Å². The Balaban J connectivity index is 1.81. The van der Waals surface area contributed by atoms with Crippen molar-refractivity contribution in [2.24, 2.45) is 0 Å². The predicted molar refractivity (Wildman–Crippen MR) is 73.4 cm³/mol.